The van der Waals surface area contributed by atoms with Gasteiger partial charge in [-0.15, -0.1) is 5.11 Å². The minimum Gasteiger partial charge on any atom is -0.371 e. The molecule has 3 heterocycles. The minimum atomic E-state index is -0.426. The second kappa shape index (κ2) is 12.7. The van der Waals surface area contributed by atoms with Gasteiger partial charge in [0.05, 0.1) is 24.4 Å². The van der Waals surface area contributed by atoms with Crippen LogP contribution in [0.5, 0.6) is 0 Å². The molecule has 0 spiro atoms. The molecule has 1 aromatic heterocycles. The predicted molar refractivity (Wildman–Crippen MR) is 139 cm³/mol. The number of piperazine rings is 1. The summed E-state index contributed by atoms with van der Waals surface area (Å²) in [6.45, 7) is 6.68. The molecule has 200 valence electrons. The van der Waals surface area contributed by atoms with Gasteiger partial charge in [-0.05, 0) is 44.0 Å². The summed E-state index contributed by atoms with van der Waals surface area (Å²) in [5.41, 5.74) is 4.15. The summed E-state index contributed by atoms with van der Waals surface area (Å²) in [7, 11) is 2.14. The zero-order valence-electron chi connectivity index (χ0n) is 21.6. The lowest BCUT2D eigenvalue weighted by molar-refractivity contribution is -0.110. The maximum atomic E-state index is 13.8. The van der Waals surface area contributed by atoms with E-state index >= 15 is 0 Å². The van der Waals surface area contributed by atoms with Gasteiger partial charge in [-0.2, -0.15) is 10.3 Å². The van der Waals surface area contributed by atoms with Gasteiger partial charge in [0, 0.05) is 56.5 Å². The highest BCUT2D eigenvalue weighted by molar-refractivity contribution is 5.59. The molecule has 4 aliphatic rings. The van der Waals surface area contributed by atoms with Crippen LogP contribution in [0.15, 0.2) is 56.2 Å². The minimum absolute atomic E-state index is 0.0206. The molecule has 2 saturated heterocycles. The molecule has 0 saturated carbocycles. The first-order valence-electron chi connectivity index (χ1n) is 12.5. The molecule has 0 aromatic carbocycles. The third kappa shape index (κ3) is 6.61. The standard InChI is InChI=1S/C17H22FN3O.C9H10N6O/c1-12-7-13(8-19)16(18)4-3-15(12)17-10-21-6-5-20(2)9-14(21)11-22-17;10-15-13-5-12-9-11-3-7-1-6(4-16)2-8(7)14-9/h3-4,14,17H,5-7,9-11H2,1-2H3;3-6H,1-2H2,(H2,10,11,12,13,14). The van der Waals surface area contributed by atoms with Crippen molar-refractivity contribution < 1.29 is 13.9 Å². The van der Waals surface area contributed by atoms with Crippen LogP contribution < -0.4 is 5.84 Å². The highest BCUT2D eigenvalue weighted by Crippen LogP contribution is 2.29. The van der Waals surface area contributed by atoms with E-state index in [0.29, 0.717) is 37.9 Å². The molecule has 12 heteroatoms. The van der Waals surface area contributed by atoms with E-state index in [1.807, 2.05) is 13.0 Å². The number of morpholine rings is 1. The quantitative estimate of drug-likeness (QED) is 0.159. The molecular formula is C26H32FN9O2. The molecule has 3 atom stereocenters. The van der Waals surface area contributed by atoms with Crippen LogP contribution in [0, 0.1) is 17.2 Å². The summed E-state index contributed by atoms with van der Waals surface area (Å²) < 4.78 is 19.9. The summed E-state index contributed by atoms with van der Waals surface area (Å²) >= 11 is 0. The van der Waals surface area contributed by atoms with E-state index < -0.39 is 5.83 Å². The Hall–Kier alpha value is -3.66. The van der Waals surface area contributed by atoms with Gasteiger partial charge in [0.15, 0.2) is 0 Å². The van der Waals surface area contributed by atoms with Crippen LogP contribution in [0.3, 0.4) is 0 Å². The Morgan fingerprint density at radius 3 is 2.89 bits per heavy atom. The lowest BCUT2D eigenvalue weighted by Crippen LogP contribution is -2.59. The molecule has 2 N–H and O–H groups in total. The summed E-state index contributed by atoms with van der Waals surface area (Å²) in [5, 5.41) is 15.4. The van der Waals surface area contributed by atoms with Gasteiger partial charge in [-0.25, -0.2) is 14.4 Å². The lowest BCUT2D eigenvalue weighted by atomic mass is 9.97. The maximum absolute atomic E-state index is 13.8. The number of hydrogen-bond donors (Lipinski definition) is 1. The number of nitrogens with two attached hydrogens (primary N) is 1. The molecule has 0 bridgehead atoms. The first-order valence-corrected chi connectivity index (χ1v) is 12.5. The number of fused-ring (bicyclic) bond motifs is 2. The monoisotopic (exact) mass is 521 g/mol. The molecule has 1 aromatic rings. The van der Waals surface area contributed by atoms with E-state index in [9.17, 15) is 9.18 Å². The Kier molecular flexibility index (Phi) is 9.17. The number of halogens is 1. The van der Waals surface area contributed by atoms with Crippen molar-refractivity contribution in [2.24, 2.45) is 27.1 Å². The Balaban J connectivity index is 0.000000186. The number of aromatic nitrogens is 2. The smallest absolute Gasteiger partial charge is 0.251 e. The van der Waals surface area contributed by atoms with Gasteiger partial charge in [-0.3, -0.25) is 4.90 Å². The van der Waals surface area contributed by atoms with Crippen molar-refractivity contribution in [3.8, 4) is 6.07 Å². The summed E-state index contributed by atoms with van der Waals surface area (Å²) in [6, 6.07) is 2.41. The van der Waals surface area contributed by atoms with Crippen molar-refractivity contribution in [3.05, 3.63) is 52.2 Å². The highest BCUT2D eigenvalue weighted by atomic mass is 19.1. The zero-order valence-corrected chi connectivity index (χ0v) is 21.6. The number of carbonyl (C=O) groups excluding carboxylic acids is 1. The Labute approximate surface area is 221 Å². The number of nitrogens with zero attached hydrogens (tertiary/aromatic N) is 8. The molecular weight excluding hydrogens is 489 g/mol. The van der Waals surface area contributed by atoms with E-state index in [2.05, 4.69) is 42.1 Å². The number of hydrogen-bond acceptors (Lipinski definition) is 9. The van der Waals surface area contributed by atoms with E-state index in [1.165, 1.54) is 12.4 Å². The molecule has 38 heavy (non-hydrogen) atoms. The molecule has 5 rings (SSSR count). The third-order valence-electron chi connectivity index (χ3n) is 7.18. The second-order valence-electron chi connectivity index (χ2n) is 9.84. The van der Waals surface area contributed by atoms with Crippen molar-refractivity contribution in [1.82, 2.24) is 19.8 Å². The van der Waals surface area contributed by atoms with Gasteiger partial charge in [0.2, 0.25) is 0 Å². The summed E-state index contributed by atoms with van der Waals surface area (Å²) in [5.74, 6) is 4.70. The number of nitriles is 1. The summed E-state index contributed by atoms with van der Waals surface area (Å²) in [6.07, 6.45) is 8.73. The average molecular weight is 522 g/mol. The van der Waals surface area contributed by atoms with Gasteiger partial charge in [-0.1, -0.05) is 16.9 Å². The Bertz CT molecular complexity index is 1230. The van der Waals surface area contributed by atoms with Crippen LogP contribution in [0.1, 0.15) is 24.6 Å². The Morgan fingerprint density at radius 1 is 1.29 bits per heavy atom. The zero-order chi connectivity index (χ0) is 27.1. The number of allylic oxidation sites excluding steroid dienone is 4. The van der Waals surface area contributed by atoms with Gasteiger partial charge in [0.25, 0.3) is 5.95 Å². The largest absolute Gasteiger partial charge is 0.371 e. The third-order valence-corrected chi connectivity index (χ3v) is 7.18. The molecule has 0 amide bonds. The van der Waals surface area contributed by atoms with Crippen LogP contribution >= 0.6 is 0 Å². The van der Waals surface area contributed by atoms with Gasteiger partial charge < -0.3 is 20.3 Å². The number of rotatable bonds is 4. The van der Waals surface area contributed by atoms with Crippen LogP contribution in [-0.4, -0.2) is 84.4 Å². The van der Waals surface area contributed by atoms with E-state index in [0.717, 1.165) is 54.9 Å². The fraction of sp³-hybridized carbons (Fsp3) is 0.500. The number of aliphatic imine (C=N–C) groups is 1. The van der Waals surface area contributed by atoms with E-state index in [-0.39, 0.29) is 17.6 Å². The number of aldehydes is 1. The van der Waals surface area contributed by atoms with Gasteiger partial charge in [0.1, 0.15) is 18.5 Å². The van der Waals surface area contributed by atoms with Crippen molar-refractivity contribution in [1.29, 1.82) is 5.26 Å². The van der Waals surface area contributed by atoms with Crippen molar-refractivity contribution in [2.75, 3.05) is 39.8 Å². The van der Waals surface area contributed by atoms with Gasteiger partial charge >= 0.3 is 0 Å². The highest BCUT2D eigenvalue weighted by Gasteiger charge is 2.34. The molecule has 2 fully saturated rings. The predicted octanol–water partition coefficient (Wildman–Crippen LogP) is 2.40. The molecule has 3 unspecified atom stereocenters. The maximum Gasteiger partial charge on any atom is 0.251 e. The first kappa shape index (κ1) is 27.4. The van der Waals surface area contributed by atoms with E-state index in [4.69, 9.17) is 15.8 Å². The van der Waals surface area contributed by atoms with Crippen molar-refractivity contribution in [2.45, 2.75) is 38.3 Å². The lowest BCUT2D eigenvalue weighted by Gasteiger charge is -2.45. The second-order valence-corrected chi connectivity index (χ2v) is 9.84. The van der Waals surface area contributed by atoms with Crippen LogP contribution in [-0.2, 0) is 22.4 Å². The number of ether oxygens (including phenoxy) is 1. The molecule has 0 radical (unpaired) electrons. The SMILES string of the molecule is CC1=C(C2CN3CCN(C)CC3CO2)C=CC(F)=C(C#N)C1.NN=N/C=N/c1ncc2c(n1)CC(C=O)C2. The number of likely N-dealkylation sites (N-methyl/N-ethyl adjacent to an activating group) is 1. The fourth-order valence-electron chi connectivity index (χ4n) is 5.11. The molecule has 2 aliphatic heterocycles. The van der Waals surface area contributed by atoms with Crippen LogP contribution in [0.25, 0.3) is 0 Å². The van der Waals surface area contributed by atoms with E-state index in [1.54, 1.807) is 12.3 Å². The van der Waals surface area contributed by atoms with Crippen LogP contribution in [0.4, 0.5) is 10.3 Å². The van der Waals surface area contributed by atoms with Crippen molar-refractivity contribution in [3.63, 3.8) is 0 Å². The average Bonchev–Trinajstić information content (AvgIpc) is 3.28. The molecule has 2 aliphatic carbocycles. The molecule has 11 nitrogen and oxygen atoms in total. The Morgan fingerprint density at radius 2 is 2.13 bits per heavy atom. The fourth-order valence-corrected chi connectivity index (χ4v) is 5.11. The first-order chi connectivity index (χ1) is 18.4. The summed E-state index contributed by atoms with van der Waals surface area (Å²) in [4.78, 5) is 27.5. The van der Waals surface area contributed by atoms with Crippen LogP contribution in [0.2, 0.25) is 0 Å². The number of carbonyl (C=O) groups is 1. The normalized spacial score (nSPS) is 26.1. The van der Waals surface area contributed by atoms with Crippen molar-refractivity contribution >= 4 is 18.6 Å². The topological polar surface area (TPSA) is 145 Å².